The van der Waals surface area contributed by atoms with Crippen molar-refractivity contribution in [3.8, 4) is 6.07 Å². The van der Waals surface area contributed by atoms with Crippen molar-refractivity contribution in [2.24, 2.45) is 5.92 Å². The van der Waals surface area contributed by atoms with Gasteiger partial charge in [0, 0.05) is 13.0 Å². The molecule has 0 fully saturated rings. The zero-order valence-electron chi connectivity index (χ0n) is 7.21. The Morgan fingerprint density at radius 2 is 2.42 bits per heavy atom. The van der Waals surface area contributed by atoms with E-state index in [9.17, 15) is 4.79 Å². The minimum Gasteiger partial charge on any atom is -0.481 e. The molecule has 4 nitrogen and oxygen atoms in total. The maximum atomic E-state index is 10.6. The Morgan fingerprint density at radius 1 is 1.75 bits per heavy atom. The second kappa shape index (κ2) is 6.62. The molecule has 0 aliphatic carbocycles. The number of nitrogens with zero attached hydrogens (tertiary/aromatic N) is 1. The summed E-state index contributed by atoms with van der Waals surface area (Å²) in [6.45, 7) is 3.13. The third-order valence-corrected chi connectivity index (χ3v) is 1.59. The smallest absolute Gasteiger partial charge is 0.307 e. The van der Waals surface area contributed by atoms with Crippen LogP contribution >= 0.6 is 0 Å². The summed E-state index contributed by atoms with van der Waals surface area (Å²) in [5.41, 5.74) is 0. The Kier molecular flexibility index (Phi) is 6.02. The molecule has 0 rings (SSSR count). The van der Waals surface area contributed by atoms with Crippen molar-refractivity contribution >= 4 is 5.97 Å². The molecular weight excluding hydrogens is 156 g/mol. The van der Waals surface area contributed by atoms with Gasteiger partial charge in [0.2, 0.25) is 0 Å². The lowest BCUT2D eigenvalue weighted by Gasteiger charge is -2.09. The van der Waals surface area contributed by atoms with Crippen molar-refractivity contribution in [2.45, 2.75) is 19.8 Å². The van der Waals surface area contributed by atoms with Gasteiger partial charge in [-0.05, 0) is 13.0 Å². The van der Waals surface area contributed by atoms with Gasteiger partial charge in [0.05, 0.1) is 12.0 Å². The van der Waals surface area contributed by atoms with E-state index < -0.39 is 11.9 Å². The van der Waals surface area contributed by atoms with Gasteiger partial charge < -0.3 is 10.4 Å². The first-order valence-corrected chi connectivity index (χ1v) is 4.02. The highest BCUT2D eigenvalue weighted by Gasteiger charge is 2.15. The molecule has 68 valence electrons. The van der Waals surface area contributed by atoms with Gasteiger partial charge in [0.1, 0.15) is 0 Å². The lowest BCUT2D eigenvalue weighted by molar-refractivity contribution is -0.141. The van der Waals surface area contributed by atoms with Crippen molar-refractivity contribution in [3.63, 3.8) is 0 Å². The van der Waals surface area contributed by atoms with Crippen LogP contribution in [0.4, 0.5) is 0 Å². The number of hydrogen-bond donors (Lipinski definition) is 2. The fraction of sp³-hybridized carbons (Fsp3) is 0.750. The topological polar surface area (TPSA) is 73.1 Å². The van der Waals surface area contributed by atoms with Crippen molar-refractivity contribution in [3.05, 3.63) is 0 Å². The fourth-order valence-electron chi connectivity index (χ4n) is 0.870. The molecule has 2 N–H and O–H groups in total. The van der Waals surface area contributed by atoms with E-state index in [2.05, 4.69) is 5.32 Å². The summed E-state index contributed by atoms with van der Waals surface area (Å²) in [5, 5.41) is 19.9. The molecule has 0 saturated heterocycles. The maximum Gasteiger partial charge on any atom is 0.307 e. The molecule has 0 aliphatic heterocycles. The van der Waals surface area contributed by atoms with Crippen LogP contribution in [-0.4, -0.2) is 24.2 Å². The van der Waals surface area contributed by atoms with Crippen LogP contribution in [0.15, 0.2) is 0 Å². The molecule has 1 atom stereocenters. The summed E-state index contributed by atoms with van der Waals surface area (Å²) in [4.78, 5) is 10.6. The predicted molar refractivity (Wildman–Crippen MR) is 44.5 cm³/mol. The normalized spacial score (nSPS) is 12.0. The molecule has 0 aliphatic rings. The average molecular weight is 170 g/mol. The molecule has 0 aromatic heterocycles. The highest BCUT2D eigenvalue weighted by atomic mass is 16.4. The molecule has 0 heterocycles. The molecule has 0 aromatic rings. The van der Waals surface area contributed by atoms with Crippen LogP contribution < -0.4 is 5.32 Å². The third kappa shape index (κ3) is 4.69. The number of hydrogen-bond acceptors (Lipinski definition) is 3. The molecule has 0 radical (unpaired) electrons. The Bertz CT molecular complexity index is 174. The van der Waals surface area contributed by atoms with Crippen molar-refractivity contribution < 1.29 is 9.90 Å². The number of carboxylic acids is 1. The van der Waals surface area contributed by atoms with Crippen LogP contribution in [-0.2, 0) is 4.79 Å². The van der Waals surface area contributed by atoms with Crippen LogP contribution in [0.2, 0.25) is 0 Å². The lowest BCUT2D eigenvalue weighted by atomic mass is 10.0. The number of rotatable bonds is 6. The molecule has 12 heavy (non-hydrogen) atoms. The second-order valence-electron chi connectivity index (χ2n) is 2.54. The first-order chi connectivity index (χ1) is 5.72. The van der Waals surface area contributed by atoms with Crippen LogP contribution in [0.25, 0.3) is 0 Å². The predicted octanol–water partition coefficient (Wildman–Crippen LogP) is 0.600. The Morgan fingerprint density at radius 3 is 2.83 bits per heavy atom. The van der Waals surface area contributed by atoms with Gasteiger partial charge in [0.15, 0.2) is 0 Å². The summed E-state index contributed by atoms with van der Waals surface area (Å²) in [7, 11) is 0. The van der Waals surface area contributed by atoms with Crippen LogP contribution in [0, 0.1) is 17.2 Å². The standard InChI is InChI=1S/C8H14N2O2/c1-2-10-6-7(8(11)12)4-3-5-9/h7,10H,2-4,6H2,1H3,(H,11,12). The largest absolute Gasteiger partial charge is 0.481 e. The Hall–Kier alpha value is -1.08. The molecule has 0 spiro atoms. The van der Waals surface area contributed by atoms with Gasteiger partial charge in [-0.2, -0.15) is 5.26 Å². The van der Waals surface area contributed by atoms with Gasteiger partial charge in [-0.25, -0.2) is 0 Å². The van der Waals surface area contributed by atoms with Crippen molar-refractivity contribution in [2.75, 3.05) is 13.1 Å². The minimum atomic E-state index is -0.828. The van der Waals surface area contributed by atoms with E-state index in [1.54, 1.807) is 0 Å². The van der Waals surface area contributed by atoms with E-state index in [1.807, 2.05) is 13.0 Å². The molecule has 0 aromatic carbocycles. The molecule has 1 unspecified atom stereocenters. The zero-order chi connectivity index (χ0) is 9.40. The van der Waals surface area contributed by atoms with E-state index >= 15 is 0 Å². The third-order valence-electron chi connectivity index (χ3n) is 1.59. The maximum absolute atomic E-state index is 10.6. The Labute approximate surface area is 72.2 Å². The number of nitriles is 1. The van der Waals surface area contributed by atoms with Gasteiger partial charge >= 0.3 is 5.97 Å². The molecule has 0 saturated carbocycles. The molecular formula is C8H14N2O2. The van der Waals surface area contributed by atoms with Crippen LogP contribution in [0.1, 0.15) is 19.8 Å². The van der Waals surface area contributed by atoms with E-state index in [1.165, 1.54) is 0 Å². The number of nitrogens with one attached hydrogen (secondary N) is 1. The number of carbonyl (C=O) groups is 1. The van der Waals surface area contributed by atoms with E-state index in [0.717, 1.165) is 6.54 Å². The van der Waals surface area contributed by atoms with E-state index in [0.29, 0.717) is 19.4 Å². The minimum absolute atomic E-state index is 0.308. The van der Waals surface area contributed by atoms with Gasteiger partial charge in [-0.1, -0.05) is 6.92 Å². The summed E-state index contributed by atoms with van der Waals surface area (Å²) in [6, 6.07) is 1.94. The molecule has 0 bridgehead atoms. The van der Waals surface area contributed by atoms with E-state index in [4.69, 9.17) is 10.4 Å². The summed E-state index contributed by atoms with van der Waals surface area (Å²) in [5.74, 6) is -1.25. The SMILES string of the molecule is CCNCC(CCC#N)C(=O)O. The second-order valence-corrected chi connectivity index (χ2v) is 2.54. The molecule has 0 amide bonds. The fourth-order valence-corrected chi connectivity index (χ4v) is 0.870. The summed E-state index contributed by atoms with van der Waals surface area (Å²) < 4.78 is 0. The van der Waals surface area contributed by atoms with Crippen molar-refractivity contribution in [1.29, 1.82) is 5.26 Å². The summed E-state index contributed by atoms with van der Waals surface area (Å²) in [6.07, 6.45) is 0.737. The first kappa shape index (κ1) is 10.9. The van der Waals surface area contributed by atoms with Crippen molar-refractivity contribution in [1.82, 2.24) is 5.32 Å². The summed E-state index contributed by atoms with van der Waals surface area (Å²) >= 11 is 0. The first-order valence-electron chi connectivity index (χ1n) is 4.02. The van der Waals surface area contributed by atoms with Gasteiger partial charge in [-0.3, -0.25) is 4.79 Å². The van der Waals surface area contributed by atoms with E-state index in [-0.39, 0.29) is 0 Å². The average Bonchev–Trinajstić information content (AvgIpc) is 2.04. The monoisotopic (exact) mass is 170 g/mol. The van der Waals surface area contributed by atoms with Crippen LogP contribution in [0.3, 0.4) is 0 Å². The lowest BCUT2D eigenvalue weighted by Crippen LogP contribution is -2.28. The number of aliphatic carboxylic acids is 1. The molecule has 4 heteroatoms. The highest BCUT2D eigenvalue weighted by molar-refractivity contribution is 5.70. The Balaban J connectivity index is 3.72. The highest BCUT2D eigenvalue weighted by Crippen LogP contribution is 2.04. The van der Waals surface area contributed by atoms with Gasteiger partial charge in [-0.15, -0.1) is 0 Å². The zero-order valence-corrected chi connectivity index (χ0v) is 7.21. The number of carboxylic acid groups (broad SMARTS) is 1. The van der Waals surface area contributed by atoms with Crippen LogP contribution in [0.5, 0.6) is 0 Å². The quantitative estimate of drug-likeness (QED) is 0.612. The van der Waals surface area contributed by atoms with Gasteiger partial charge in [0.25, 0.3) is 0 Å².